The molecule has 0 saturated carbocycles. The fourth-order valence-electron chi connectivity index (χ4n) is 1.66. The van der Waals surface area contributed by atoms with E-state index in [2.05, 4.69) is 0 Å². The number of hydroxylamine groups is 2. The van der Waals surface area contributed by atoms with E-state index in [1.807, 2.05) is 30.3 Å². The van der Waals surface area contributed by atoms with Crippen molar-refractivity contribution in [1.29, 1.82) is 0 Å². The lowest BCUT2D eigenvalue weighted by atomic mass is 10.2. The van der Waals surface area contributed by atoms with Crippen molar-refractivity contribution in [2.75, 3.05) is 6.61 Å². The molecule has 5 heteroatoms. The van der Waals surface area contributed by atoms with E-state index in [1.165, 1.54) is 6.08 Å². The van der Waals surface area contributed by atoms with Gasteiger partial charge in [-0.25, -0.2) is 9.86 Å². The van der Waals surface area contributed by atoms with Crippen LogP contribution in [0.25, 0.3) is 0 Å². The highest BCUT2D eigenvalue weighted by Crippen LogP contribution is 2.09. The highest BCUT2D eigenvalue weighted by atomic mass is 16.7. The van der Waals surface area contributed by atoms with E-state index in [0.717, 1.165) is 10.6 Å². The Balaban J connectivity index is 1.89. The molecule has 0 bridgehead atoms. The number of hydrogen-bond donors (Lipinski definition) is 0. The molecule has 0 aliphatic carbocycles. The molecule has 19 heavy (non-hydrogen) atoms. The molecule has 0 radical (unpaired) electrons. The number of esters is 1. The lowest BCUT2D eigenvalue weighted by Crippen LogP contribution is -2.44. The van der Waals surface area contributed by atoms with Crippen LogP contribution in [0.15, 0.2) is 42.5 Å². The van der Waals surface area contributed by atoms with Gasteiger partial charge in [0.05, 0.1) is 6.61 Å². The van der Waals surface area contributed by atoms with Crippen molar-refractivity contribution >= 4 is 11.9 Å². The largest absolute Gasteiger partial charge is 0.459 e. The van der Waals surface area contributed by atoms with E-state index in [9.17, 15) is 9.59 Å². The van der Waals surface area contributed by atoms with E-state index in [0.29, 0.717) is 0 Å². The van der Waals surface area contributed by atoms with Gasteiger partial charge >= 0.3 is 5.97 Å². The Morgan fingerprint density at radius 1 is 1.42 bits per heavy atom. The van der Waals surface area contributed by atoms with Crippen LogP contribution in [0.2, 0.25) is 0 Å². The van der Waals surface area contributed by atoms with E-state index < -0.39 is 12.0 Å². The second kappa shape index (κ2) is 6.15. The molecule has 100 valence electrons. The molecule has 0 fully saturated rings. The average Bonchev–Trinajstić information content (AvgIpc) is 2.45. The first-order valence-corrected chi connectivity index (χ1v) is 6.01. The number of carbonyl (C=O) groups is 2. The van der Waals surface area contributed by atoms with Gasteiger partial charge in [-0.3, -0.25) is 9.63 Å². The van der Waals surface area contributed by atoms with Crippen LogP contribution < -0.4 is 0 Å². The number of rotatable bonds is 4. The molecule has 0 spiro atoms. The predicted molar refractivity (Wildman–Crippen MR) is 67.6 cm³/mol. The molecule has 1 atom stereocenters. The molecule has 1 amide bonds. The third kappa shape index (κ3) is 3.42. The number of amides is 1. The Hall–Kier alpha value is -2.14. The molecule has 1 aromatic rings. The van der Waals surface area contributed by atoms with Gasteiger partial charge < -0.3 is 4.74 Å². The summed E-state index contributed by atoms with van der Waals surface area (Å²) >= 11 is 0. The number of benzene rings is 1. The van der Waals surface area contributed by atoms with Gasteiger partial charge in [0.25, 0.3) is 5.91 Å². The summed E-state index contributed by atoms with van der Waals surface area (Å²) in [6, 6.07) is 8.59. The summed E-state index contributed by atoms with van der Waals surface area (Å²) in [6.07, 6.45) is 2.98. The summed E-state index contributed by atoms with van der Waals surface area (Å²) in [6.45, 7) is 2.04. The van der Waals surface area contributed by atoms with Crippen LogP contribution in [0.5, 0.6) is 0 Å². The van der Waals surface area contributed by atoms with Gasteiger partial charge in [-0.2, -0.15) is 0 Å². The van der Waals surface area contributed by atoms with Crippen molar-refractivity contribution in [3.05, 3.63) is 48.0 Å². The minimum Gasteiger partial charge on any atom is -0.459 e. The van der Waals surface area contributed by atoms with Gasteiger partial charge in [0.15, 0.2) is 6.04 Å². The standard InChI is InChI=1S/C14H15NO4/c1-11(15-13(16)8-5-9-19-15)14(17)18-10-12-6-3-2-4-7-12/h2-8,11H,9-10H2,1H3. The SMILES string of the molecule is CC(C(=O)OCc1ccccc1)N1OCC=CC1=O. The summed E-state index contributed by atoms with van der Waals surface area (Å²) in [5, 5.41) is 1.04. The monoisotopic (exact) mass is 261 g/mol. The van der Waals surface area contributed by atoms with Crippen molar-refractivity contribution in [1.82, 2.24) is 5.06 Å². The maximum atomic E-state index is 11.8. The molecule has 0 aromatic heterocycles. The fraction of sp³-hybridized carbons (Fsp3) is 0.286. The van der Waals surface area contributed by atoms with E-state index in [1.54, 1.807) is 13.0 Å². The van der Waals surface area contributed by atoms with Crippen molar-refractivity contribution < 1.29 is 19.2 Å². The molecule has 1 aromatic carbocycles. The molecule has 1 heterocycles. The summed E-state index contributed by atoms with van der Waals surface area (Å²) < 4.78 is 5.15. The quantitative estimate of drug-likeness (QED) is 0.770. The van der Waals surface area contributed by atoms with Gasteiger partial charge in [-0.15, -0.1) is 0 Å². The highest BCUT2D eigenvalue weighted by molar-refractivity contribution is 5.91. The Bertz CT molecular complexity index is 483. The molecule has 0 saturated heterocycles. The van der Waals surface area contributed by atoms with E-state index >= 15 is 0 Å². The predicted octanol–water partition coefficient (Wildman–Crippen LogP) is 1.45. The summed E-state index contributed by atoms with van der Waals surface area (Å²) in [5.41, 5.74) is 0.897. The lowest BCUT2D eigenvalue weighted by Gasteiger charge is -2.27. The Morgan fingerprint density at radius 2 is 2.16 bits per heavy atom. The fourth-order valence-corrected chi connectivity index (χ4v) is 1.66. The number of nitrogens with zero attached hydrogens (tertiary/aromatic N) is 1. The first-order chi connectivity index (χ1) is 9.18. The highest BCUT2D eigenvalue weighted by Gasteiger charge is 2.28. The molecular weight excluding hydrogens is 246 g/mol. The van der Waals surface area contributed by atoms with Crippen LogP contribution in [0, 0.1) is 0 Å². The zero-order valence-corrected chi connectivity index (χ0v) is 10.6. The molecule has 5 nitrogen and oxygen atoms in total. The van der Waals surface area contributed by atoms with Crippen LogP contribution in [0.3, 0.4) is 0 Å². The van der Waals surface area contributed by atoms with Crippen LogP contribution >= 0.6 is 0 Å². The Labute approximate surface area is 111 Å². The van der Waals surface area contributed by atoms with Crippen LogP contribution in [0.4, 0.5) is 0 Å². The Morgan fingerprint density at radius 3 is 2.84 bits per heavy atom. The minimum absolute atomic E-state index is 0.182. The molecule has 0 N–H and O–H groups in total. The molecular formula is C14H15NO4. The van der Waals surface area contributed by atoms with Crippen LogP contribution in [-0.2, 0) is 25.8 Å². The molecule has 2 rings (SSSR count). The minimum atomic E-state index is -0.763. The summed E-state index contributed by atoms with van der Waals surface area (Å²) in [4.78, 5) is 28.5. The van der Waals surface area contributed by atoms with Crippen molar-refractivity contribution in [3.63, 3.8) is 0 Å². The zero-order chi connectivity index (χ0) is 13.7. The van der Waals surface area contributed by atoms with Gasteiger partial charge in [0.1, 0.15) is 6.61 Å². The zero-order valence-electron chi connectivity index (χ0n) is 10.6. The van der Waals surface area contributed by atoms with E-state index in [-0.39, 0.29) is 19.1 Å². The second-order valence-corrected chi connectivity index (χ2v) is 4.13. The van der Waals surface area contributed by atoms with Crippen molar-refractivity contribution in [2.45, 2.75) is 19.6 Å². The first-order valence-electron chi connectivity index (χ1n) is 6.01. The summed E-state index contributed by atoms with van der Waals surface area (Å²) in [5.74, 6) is -0.845. The van der Waals surface area contributed by atoms with Gasteiger partial charge in [0.2, 0.25) is 0 Å². The molecule has 1 aliphatic heterocycles. The van der Waals surface area contributed by atoms with Gasteiger partial charge in [0, 0.05) is 6.08 Å². The average molecular weight is 261 g/mol. The van der Waals surface area contributed by atoms with Crippen molar-refractivity contribution in [2.24, 2.45) is 0 Å². The second-order valence-electron chi connectivity index (χ2n) is 4.13. The number of ether oxygens (including phenoxy) is 1. The smallest absolute Gasteiger partial charge is 0.331 e. The van der Waals surface area contributed by atoms with E-state index in [4.69, 9.17) is 9.57 Å². The topological polar surface area (TPSA) is 55.8 Å². The third-order valence-electron chi connectivity index (χ3n) is 2.70. The van der Waals surface area contributed by atoms with Gasteiger partial charge in [-0.05, 0) is 12.5 Å². The lowest BCUT2D eigenvalue weighted by molar-refractivity contribution is -0.201. The Kier molecular flexibility index (Phi) is 4.30. The normalized spacial score (nSPS) is 16.3. The first kappa shape index (κ1) is 13.3. The van der Waals surface area contributed by atoms with Gasteiger partial charge in [-0.1, -0.05) is 36.4 Å². The molecule has 1 unspecified atom stereocenters. The van der Waals surface area contributed by atoms with Crippen LogP contribution in [0.1, 0.15) is 12.5 Å². The maximum absolute atomic E-state index is 11.8. The maximum Gasteiger partial charge on any atom is 0.331 e. The van der Waals surface area contributed by atoms with Crippen LogP contribution in [-0.4, -0.2) is 29.6 Å². The van der Waals surface area contributed by atoms with Crippen molar-refractivity contribution in [3.8, 4) is 0 Å². The summed E-state index contributed by atoms with van der Waals surface area (Å²) in [7, 11) is 0. The molecule has 1 aliphatic rings. The third-order valence-corrected chi connectivity index (χ3v) is 2.70. The number of carbonyl (C=O) groups excluding carboxylic acids is 2. The number of hydrogen-bond acceptors (Lipinski definition) is 4.